The smallest absolute Gasteiger partial charge is 0.262 e. The van der Waals surface area contributed by atoms with Gasteiger partial charge in [-0.3, -0.25) is 9.59 Å². The van der Waals surface area contributed by atoms with Crippen LogP contribution in [-0.4, -0.2) is 25.0 Å². The lowest BCUT2D eigenvalue weighted by atomic mass is 10.0. The first-order valence-corrected chi connectivity index (χ1v) is 10.7. The molecular weight excluding hydrogens is 396 g/mol. The number of methoxy groups -OCH3 is 1. The Kier molecular flexibility index (Phi) is 7.25. The number of ether oxygens (including phenoxy) is 1. The van der Waals surface area contributed by atoms with E-state index in [0.717, 1.165) is 22.4 Å². The number of aryl methyl sites for hydroxylation is 1. The molecule has 0 aliphatic carbocycles. The third-order valence-electron chi connectivity index (χ3n) is 4.86. The zero-order chi connectivity index (χ0) is 21.5. The number of amides is 2. The normalized spacial score (nSPS) is 12.6. The molecule has 0 bridgehead atoms. The molecule has 156 valence electrons. The van der Waals surface area contributed by atoms with E-state index < -0.39 is 6.04 Å². The van der Waals surface area contributed by atoms with E-state index in [2.05, 4.69) is 10.6 Å². The van der Waals surface area contributed by atoms with Crippen LogP contribution in [0.25, 0.3) is 0 Å². The Morgan fingerprint density at radius 3 is 2.47 bits per heavy atom. The van der Waals surface area contributed by atoms with Crippen molar-refractivity contribution >= 4 is 23.2 Å². The summed E-state index contributed by atoms with van der Waals surface area (Å²) in [7, 11) is 1.61. The molecule has 0 fully saturated rings. The van der Waals surface area contributed by atoms with Crippen LogP contribution < -0.4 is 15.4 Å². The molecular formula is C24H26N2O3S. The Balaban J connectivity index is 1.78. The average molecular weight is 423 g/mol. The number of hydrogen-bond acceptors (Lipinski definition) is 4. The molecule has 0 radical (unpaired) electrons. The highest BCUT2D eigenvalue weighted by Gasteiger charge is 2.25. The summed E-state index contributed by atoms with van der Waals surface area (Å²) < 4.78 is 5.45. The lowest BCUT2D eigenvalue weighted by Gasteiger charge is -2.23. The van der Waals surface area contributed by atoms with Crippen molar-refractivity contribution in [1.82, 2.24) is 10.6 Å². The van der Waals surface area contributed by atoms with Crippen molar-refractivity contribution in [3.05, 3.63) is 87.6 Å². The highest BCUT2D eigenvalue weighted by Crippen LogP contribution is 2.26. The van der Waals surface area contributed by atoms with E-state index in [1.165, 1.54) is 11.3 Å². The minimum atomic E-state index is -0.694. The number of carbonyl (C=O) groups excluding carboxylic acids is 2. The van der Waals surface area contributed by atoms with Crippen LogP contribution in [-0.2, 0) is 11.2 Å². The minimum absolute atomic E-state index is 0.236. The summed E-state index contributed by atoms with van der Waals surface area (Å²) >= 11 is 1.35. The van der Waals surface area contributed by atoms with Crippen LogP contribution in [0.3, 0.4) is 0 Å². The van der Waals surface area contributed by atoms with E-state index in [4.69, 9.17) is 4.74 Å². The average Bonchev–Trinajstić information content (AvgIpc) is 3.29. The second-order valence-corrected chi connectivity index (χ2v) is 8.12. The molecule has 1 unspecified atom stereocenters. The van der Waals surface area contributed by atoms with Gasteiger partial charge in [-0.2, -0.15) is 0 Å². The molecule has 2 amide bonds. The summed E-state index contributed by atoms with van der Waals surface area (Å²) in [4.78, 5) is 26.3. The molecule has 0 saturated heterocycles. The van der Waals surface area contributed by atoms with E-state index in [0.29, 0.717) is 11.3 Å². The first kappa shape index (κ1) is 21.6. The van der Waals surface area contributed by atoms with Crippen LogP contribution in [0.4, 0.5) is 0 Å². The van der Waals surface area contributed by atoms with Gasteiger partial charge in [-0.15, -0.1) is 11.3 Å². The number of carbonyl (C=O) groups is 2. The Morgan fingerprint density at radius 1 is 1.03 bits per heavy atom. The zero-order valence-electron chi connectivity index (χ0n) is 17.3. The Labute approximate surface area is 181 Å². The molecule has 5 nitrogen and oxygen atoms in total. The van der Waals surface area contributed by atoms with Gasteiger partial charge >= 0.3 is 0 Å². The number of hydrogen-bond donors (Lipinski definition) is 2. The van der Waals surface area contributed by atoms with Gasteiger partial charge in [0.1, 0.15) is 11.8 Å². The lowest BCUT2D eigenvalue weighted by molar-refractivity contribution is -0.123. The maximum atomic E-state index is 13.2. The SMILES string of the molecule is COc1ccc(C)cc1C(C)NC(=O)[C@H](Cc1ccccc1)NC(=O)c1cccs1. The van der Waals surface area contributed by atoms with Crippen molar-refractivity contribution in [3.63, 3.8) is 0 Å². The van der Waals surface area contributed by atoms with E-state index >= 15 is 0 Å². The van der Waals surface area contributed by atoms with Gasteiger partial charge in [-0.1, -0.05) is 54.1 Å². The van der Waals surface area contributed by atoms with Crippen molar-refractivity contribution in [2.75, 3.05) is 7.11 Å². The summed E-state index contributed by atoms with van der Waals surface area (Å²) in [5, 5.41) is 7.77. The van der Waals surface area contributed by atoms with Gasteiger partial charge in [0.2, 0.25) is 5.91 Å². The predicted octanol–water partition coefficient (Wildman–Crippen LogP) is 4.28. The predicted molar refractivity (Wildman–Crippen MR) is 120 cm³/mol. The van der Waals surface area contributed by atoms with Crippen LogP contribution in [0.15, 0.2) is 66.0 Å². The Morgan fingerprint density at radius 2 is 1.80 bits per heavy atom. The molecule has 2 N–H and O–H groups in total. The Bertz CT molecular complexity index is 987. The molecule has 2 atom stereocenters. The molecule has 6 heteroatoms. The summed E-state index contributed by atoms with van der Waals surface area (Å²) in [6.07, 6.45) is 0.404. The van der Waals surface area contributed by atoms with Gasteiger partial charge in [0.25, 0.3) is 5.91 Å². The number of thiophene rings is 1. The summed E-state index contributed by atoms with van der Waals surface area (Å²) in [5.41, 5.74) is 2.96. The second kappa shape index (κ2) is 10.1. The van der Waals surface area contributed by atoms with Crippen molar-refractivity contribution in [2.24, 2.45) is 0 Å². The molecule has 0 saturated carbocycles. The molecule has 2 aromatic carbocycles. The first-order valence-electron chi connectivity index (χ1n) is 9.81. The summed E-state index contributed by atoms with van der Waals surface area (Å²) in [6, 6.07) is 18.1. The van der Waals surface area contributed by atoms with Gasteiger partial charge in [-0.05, 0) is 36.9 Å². The van der Waals surface area contributed by atoms with Crippen molar-refractivity contribution in [2.45, 2.75) is 32.4 Å². The zero-order valence-corrected chi connectivity index (χ0v) is 18.2. The molecule has 3 rings (SSSR count). The minimum Gasteiger partial charge on any atom is -0.496 e. The largest absolute Gasteiger partial charge is 0.496 e. The Hall–Kier alpha value is -3.12. The molecule has 3 aromatic rings. The molecule has 30 heavy (non-hydrogen) atoms. The number of benzene rings is 2. The van der Waals surface area contributed by atoms with Crippen molar-refractivity contribution in [1.29, 1.82) is 0 Å². The molecule has 1 heterocycles. The summed E-state index contributed by atoms with van der Waals surface area (Å²) in [5.74, 6) is 0.234. The lowest BCUT2D eigenvalue weighted by Crippen LogP contribution is -2.48. The molecule has 1 aromatic heterocycles. The number of rotatable bonds is 8. The van der Waals surface area contributed by atoms with Crippen LogP contribution in [0.2, 0.25) is 0 Å². The fraction of sp³-hybridized carbons (Fsp3) is 0.250. The highest BCUT2D eigenvalue weighted by atomic mass is 32.1. The molecule has 0 spiro atoms. The van der Waals surface area contributed by atoms with E-state index in [9.17, 15) is 9.59 Å². The third kappa shape index (κ3) is 5.48. The second-order valence-electron chi connectivity index (χ2n) is 7.17. The number of nitrogens with one attached hydrogen (secondary N) is 2. The van der Waals surface area contributed by atoms with Gasteiger partial charge in [0.15, 0.2) is 0 Å². The first-order chi connectivity index (χ1) is 14.5. The van der Waals surface area contributed by atoms with Crippen LogP contribution >= 0.6 is 11.3 Å². The molecule has 0 aliphatic heterocycles. The fourth-order valence-electron chi connectivity index (χ4n) is 3.28. The topological polar surface area (TPSA) is 67.4 Å². The van der Waals surface area contributed by atoms with Gasteiger partial charge in [-0.25, -0.2) is 0 Å². The van der Waals surface area contributed by atoms with Gasteiger partial charge < -0.3 is 15.4 Å². The monoisotopic (exact) mass is 422 g/mol. The van der Waals surface area contributed by atoms with Crippen LogP contribution in [0.5, 0.6) is 5.75 Å². The van der Waals surface area contributed by atoms with E-state index in [-0.39, 0.29) is 17.9 Å². The summed E-state index contributed by atoms with van der Waals surface area (Å²) in [6.45, 7) is 3.91. The van der Waals surface area contributed by atoms with E-state index in [1.54, 1.807) is 13.2 Å². The van der Waals surface area contributed by atoms with Crippen LogP contribution in [0.1, 0.15) is 39.3 Å². The quantitative estimate of drug-likeness (QED) is 0.569. The maximum absolute atomic E-state index is 13.2. The maximum Gasteiger partial charge on any atom is 0.262 e. The van der Waals surface area contributed by atoms with Crippen molar-refractivity contribution in [3.8, 4) is 5.75 Å². The van der Waals surface area contributed by atoms with Crippen LogP contribution in [0, 0.1) is 6.92 Å². The standard InChI is InChI=1S/C24H26N2O3S/c1-16-11-12-21(29-3)19(14-16)17(2)25-23(27)20(15-18-8-5-4-6-9-18)26-24(28)22-10-7-13-30-22/h4-14,17,20H,15H2,1-3H3,(H,25,27)(H,26,28)/t17?,20-/m0/s1. The van der Waals surface area contributed by atoms with Gasteiger partial charge in [0, 0.05) is 12.0 Å². The highest BCUT2D eigenvalue weighted by molar-refractivity contribution is 7.12. The fourth-order valence-corrected chi connectivity index (χ4v) is 3.91. The van der Waals surface area contributed by atoms with Crippen molar-refractivity contribution < 1.29 is 14.3 Å². The third-order valence-corrected chi connectivity index (χ3v) is 5.73. The van der Waals surface area contributed by atoms with Gasteiger partial charge in [0.05, 0.1) is 18.0 Å². The molecule has 0 aliphatic rings. The van der Waals surface area contributed by atoms with E-state index in [1.807, 2.05) is 73.8 Å².